The minimum Gasteiger partial charge on any atom is -0.369 e. The first-order valence-corrected chi connectivity index (χ1v) is 8.22. The fourth-order valence-electron chi connectivity index (χ4n) is 2.90. The average Bonchev–Trinajstić information content (AvgIpc) is 2.69. The normalized spacial score (nSPS) is 15.1. The Balaban J connectivity index is 1.60. The monoisotopic (exact) mass is 385 g/mol. The number of benzene rings is 2. The van der Waals surface area contributed by atoms with E-state index in [1.807, 2.05) is 30.3 Å². The minimum absolute atomic E-state index is 0.220. The van der Waals surface area contributed by atoms with E-state index in [4.69, 9.17) is 0 Å². The Morgan fingerprint density at radius 1 is 0.815 bits per heavy atom. The quantitative estimate of drug-likeness (QED) is 0.499. The first-order valence-electron chi connectivity index (χ1n) is 8.22. The maximum absolute atomic E-state index is 13.6. The van der Waals surface area contributed by atoms with Crippen LogP contribution in [0.2, 0.25) is 0 Å². The second-order valence-corrected chi connectivity index (χ2v) is 6.09. The summed E-state index contributed by atoms with van der Waals surface area (Å²) in [5.74, 6) is -11.4. The van der Waals surface area contributed by atoms with Crippen LogP contribution in [0, 0.1) is 29.1 Å². The van der Waals surface area contributed by atoms with Gasteiger partial charge in [-0.25, -0.2) is 22.0 Å². The van der Waals surface area contributed by atoms with Gasteiger partial charge in [-0.15, -0.1) is 0 Å². The Morgan fingerprint density at radius 2 is 1.33 bits per heavy atom. The molecule has 1 aliphatic heterocycles. The third-order valence-corrected chi connectivity index (χ3v) is 4.34. The molecule has 0 radical (unpaired) electrons. The van der Waals surface area contributed by atoms with Crippen LogP contribution in [0.3, 0.4) is 0 Å². The summed E-state index contributed by atoms with van der Waals surface area (Å²) in [4.78, 5) is 15.9. The van der Waals surface area contributed by atoms with Crippen molar-refractivity contribution in [2.45, 2.75) is 0 Å². The van der Waals surface area contributed by atoms with E-state index in [2.05, 4.69) is 4.90 Å². The molecular weight excluding hydrogens is 369 g/mol. The Bertz CT molecular complexity index is 810. The van der Waals surface area contributed by atoms with Gasteiger partial charge in [0.05, 0.1) is 6.54 Å². The van der Waals surface area contributed by atoms with Crippen molar-refractivity contribution in [1.29, 1.82) is 0 Å². The van der Waals surface area contributed by atoms with Gasteiger partial charge in [0.25, 0.3) is 0 Å². The van der Waals surface area contributed by atoms with Crippen molar-refractivity contribution in [1.82, 2.24) is 4.90 Å². The van der Waals surface area contributed by atoms with Crippen molar-refractivity contribution in [3.05, 3.63) is 59.4 Å². The predicted molar refractivity (Wildman–Crippen MR) is 90.0 cm³/mol. The highest BCUT2D eigenvalue weighted by Gasteiger charge is 2.27. The van der Waals surface area contributed by atoms with E-state index in [1.165, 1.54) is 0 Å². The van der Waals surface area contributed by atoms with Crippen molar-refractivity contribution in [2.75, 3.05) is 42.9 Å². The Kier molecular flexibility index (Phi) is 5.59. The molecule has 0 bridgehead atoms. The molecule has 2 aromatic rings. The molecule has 9 heteroatoms. The molecule has 0 saturated carbocycles. The average molecular weight is 385 g/mol. The van der Waals surface area contributed by atoms with E-state index in [-0.39, 0.29) is 6.54 Å². The molecule has 4 nitrogen and oxygen atoms in total. The number of carbonyl (C=O) groups excluding carboxylic acids is 1. The number of hydrogen-bond acceptors (Lipinski definition) is 3. The highest BCUT2D eigenvalue weighted by molar-refractivity contribution is 5.92. The number of para-hydroxylation sites is 1. The number of halogens is 5. The standard InChI is InChI=1S/C18H16F5N3O/c19-13-14(20)16(22)18(17(23)15(13)21)24-12(27)10-25-6-8-26(9-7-25)11-4-2-1-3-5-11/h1-5H,6-10H2,(H,24,27). The van der Waals surface area contributed by atoms with Gasteiger partial charge in [-0.05, 0) is 12.1 Å². The number of hydrogen-bond donors (Lipinski definition) is 1. The Labute approximate surface area is 152 Å². The SMILES string of the molecule is O=C(CN1CCN(c2ccccc2)CC1)Nc1c(F)c(F)c(F)c(F)c1F. The van der Waals surface area contributed by atoms with Gasteiger partial charge in [-0.3, -0.25) is 9.69 Å². The number of piperazine rings is 1. The van der Waals surface area contributed by atoms with Crippen LogP contribution in [0.1, 0.15) is 0 Å². The Hall–Kier alpha value is -2.68. The third kappa shape index (κ3) is 4.02. The number of nitrogens with zero attached hydrogens (tertiary/aromatic N) is 2. The molecule has 0 unspecified atom stereocenters. The largest absolute Gasteiger partial charge is 0.369 e. The summed E-state index contributed by atoms with van der Waals surface area (Å²) in [5, 5.41) is 1.79. The smallest absolute Gasteiger partial charge is 0.238 e. The van der Waals surface area contributed by atoms with Crippen LogP contribution >= 0.6 is 0 Å². The van der Waals surface area contributed by atoms with Crippen LogP contribution < -0.4 is 10.2 Å². The summed E-state index contributed by atoms with van der Waals surface area (Å²) in [6, 6.07) is 9.67. The first-order chi connectivity index (χ1) is 12.9. The molecule has 1 N–H and O–H groups in total. The zero-order chi connectivity index (χ0) is 19.6. The maximum atomic E-state index is 13.6. The Morgan fingerprint density at radius 3 is 1.89 bits per heavy atom. The summed E-state index contributed by atoms with van der Waals surface area (Å²) < 4.78 is 66.7. The van der Waals surface area contributed by atoms with Crippen LogP contribution in [-0.2, 0) is 4.79 Å². The lowest BCUT2D eigenvalue weighted by Crippen LogP contribution is -2.48. The van der Waals surface area contributed by atoms with E-state index < -0.39 is 40.7 Å². The molecule has 1 amide bonds. The van der Waals surface area contributed by atoms with Crippen molar-refractivity contribution < 1.29 is 26.7 Å². The van der Waals surface area contributed by atoms with Crippen molar-refractivity contribution in [3.8, 4) is 0 Å². The number of carbonyl (C=O) groups is 1. The maximum Gasteiger partial charge on any atom is 0.238 e. The van der Waals surface area contributed by atoms with E-state index >= 15 is 0 Å². The molecule has 0 aliphatic carbocycles. The van der Waals surface area contributed by atoms with Gasteiger partial charge in [0, 0.05) is 31.9 Å². The first kappa shape index (κ1) is 19.1. The second kappa shape index (κ2) is 7.91. The summed E-state index contributed by atoms with van der Waals surface area (Å²) >= 11 is 0. The lowest BCUT2D eigenvalue weighted by atomic mass is 10.2. The zero-order valence-electron chi connectivity index (χ0n) is 14.1. The molecule has 0 spiro atoms. The van der Waals surface area contributed by atoms with Crippen LogP contribution in [0.4, 0.5) is 33.3 Å². The van der Waals surface area contributed by atoms with Gasteiger partial charge >= 0.3 is 0 Å². The topological polar surface area (TPSA) is 35.6 Å². The molecule has 2 aromatic carbocycles. The lowest BCUT2D eigenvalue weighted by Gasteiger charge is -2.35. The lowest BCUT2D eigenvalue weighted by molar-refractivity contribution is -0.117. The van der Waals surface area contributed by atoms with Crippen LogP contribution in [-0.4, -0.2) is 43.5 Å². The third-order valence-electron chi connectivity index (χ3n) is 4.34. The number of rotatable bonds is 4. The van der Waals surface area contributed by atoms with Crippen molar-refractivity contribution in [3.63, 3.8) is 0 Å². The van der Waals surface area contributed by atoms with E-state index in [0.717, 1.165) is 5.69 Å². The van der Waals surface area contributed by atoms with Gasteiger partial charge in [-0.1, -0.05) is 18.2 Å². The van der Waals surface area contributed by atoms with Gasteiger partial charge in [-0.2, -0.15) is 0 Å². The highest BCUT2D eigenvalue weighted by atomic mass is 19.2. The molecule has 0 aromatic heterocycles. The summed E-state index contributed by atoms with van der Waals surface area (Å²) in [7, 11) is 0. The number of amides is 1. The minimum atomic E-state index is -2.26. The van der Waals surface area contributed by atoms with Gasteiger partial charge < -0.3 is 10.2 Å². The fourth-order valence-corrected chi connectivity index (χ4v) is 2.90. The molecule has 3 rings (SSSR count). The van der Waals surface area contributed by atoms with Gasteiger partial charge in [0.2, 0.25) is 11.7 Å². The molecule has 1 heterocycles. The summed E-state index contributed by atoms with van der Waals surface area (Å²) in [6.07, 6.45) is 0. The van der Waals surface area contributed by atoms with E-state index in [0.29, 0.717) is 26.2 Å². The number of nitrogens with one attached hydrogen (secondary N) is 1. The second-order valence-electron chi connectivity index (χ2n) is 6.09. The fraction of sp³-hybridized carbons (Fsp3) is 0.278. The van der Waals surface area contributed by atoms with E-state index in [9.17, 15) is 26.7 Å². The molecule has 0 atom stereocenters. The summed E-state index contributed by atoms with van der Waals surface area (Å²) in [5.41, 5.74) is -0.290. The molecule has 1 fully saturated rings. The zero-order valence-corrected chi connectivity index (χ0v) is 14.1. The molecule has 144 valence electrons. The summed E-state index contributed by atoms with van der Waals surface area (Å²) in [6.45, 7) is 2.08. The van der Waals surface area contributed by atoms with Crippen molar-refractivity contribution >= 4 is 17.3 Å². The predicted octanol–water partition coefficient (Wildman–Crippen LogP) is 3.14. The van der Waals surface area contributed by atoms with Gasteiger partial charge in [0.15, 0.2) is 23.3 Å². The van der Waals surface area contributed by atoms with Crippen LogP contribution in [0.5, 0.6) is 0 Å². The van der Waals surface area contributed by atoms with Crippen LogP contribution in [0.25, 0.3) is 0 Å². The van der Waals surface area contributed by atoms with Crippen molar-refractivity contribution in [2.24, 2.45) is 0 Å². The molecule has 1 saturated heterocycles. The molecular formula is C18H16F5N3O. The molecule has 1 aliphatic rings. The highest BCUT2D eigenvalue weighted by Crippen LogP contribution is 2.27. The van der Waals surface area contributed by atoms with E-state index in [1.54, 1.807) is 10.2 Å². The molecule has 27 heavy (non-hydrogen) atoms. The number of anilines is 2. The van der Waals surface area contributed by atoms with Gasteiger partial charge in [0.1, 0.15) is 5.69 Å². The van der Waals surface area contributed by atoms with Crippen LogP contribution in [0.15, 0.2) is 30.3 Å².